The Hall–Kier alpha value is -4.38. The molecule has 5 aliphatic rings. The third-order valence-corrected chi connectivity index (χ3v) is 18.4. The number of para-hydroxylation sites is 2. The van der Waals surface area contributed by atoms with E-state index in [9.17, 15) is 0 Å². The molecule has 0 radical (unpaired) electrons. The molecule has 4 atom stereocenters. The van der Waals surface area contributed by atoms with Crippen LogP contribution in [0.3, 0.4) is 0 Å². The molecule has 0 aromatic heterocycles. The second-order valence-electron chi connectivity index (χ2n) is 17.8. The number of fused-ring (bicyclic) bond motifs is 9. The van der Waals surface area contributed by atoms with Gasteiger partial charge in [0.05, 0.1) is 20.6 Å². The third-order valence-electron chi connectivity index (χ3n) is 15.2. The summed E-state index contributed by atoms with van der Waals surface area (Å²) in [5.41, 5.74) is 19.5. The van der Waals surface area contributed by atoms with Crippen LogP contribution in [0.4, 0.5) is 22.7 Å². The highest BCUT2D eigenvalue weighted by atomic mass is 32.2. The highest BCUT2D eigenvalue weighted by Gasteiger charge is 2.61. The Morgan fingerprint density at radius 3 is 1.25 bits per heavy atom. The van der Waals surface area contributed by atoms with Gasteiger partial charge >= 0.3 is 0 Å². The van der Waals surface area contributed by atoms with E-state index >= 15 is 0 Å². The number of rotatable bonds is 6. The summed E-state index contributed by atoms with van der Waals surface area (Å²) in [6, 6.07) is 51.5. The summed E-state index contributed by atoms with van der Waals surface area (Å²) in [6.07, 6.45) is 15.7. The first-order valence-corrected chi connectivity index (χ1v) is 23.7. The van der Waals surface area contributed by atoms with E-state index in [2.05, 4.69) is 193 Å². The summed E-state index contributed by atoms with van der Waals surface area (Å²) in [5, 5.41) is 0. The first kappa shape index (κ1) is 35.8. The van der Waals surface area contributed by atoms with Crippen LogP contribution < -0.4 is 9.80 Å². The Balaban J connectivity index is 0.937. The second-order valence-corrected chi connectivity index (χ2v) is 20.0. The minimum absolute atomic E-state index is 0.0381. The van der Waals surface area contributed by atoms with Gasteiger partial charge in [-0.05, 0) is 163 Å². The summed E-state index contributed by atoms with van der Waals surface area (Å²) in [7, 11) is 0. The fourth-order valence-corrected chi connectivity index (χ4v) is 15.2. The lowest BCUT2D eigenvalue weighted by Gasteiger charge is -2.51. The quantitative estimate of drug-likeness (QED) is 0.166. The average molecular weight is 781 g/mol. The van der Waals surface area contributed by atoms with Gasteiger partial charge in [0.2, 0.25) is 0 Å². The molecule has 4 unspecified atom stereocenters. The normalized spacial score (nSPS) is 26.7. The number of nitrogens with zero attached hydrogens (tertiary/aromatic N) is 2. The molecule has 0 spiro atoms. The van der Waals surface area contributed by atoms with Gasteiger partial charge in [0.1, 0.15) is 0 Å². The van der Waals surface area contributed by atoms with Crippen LogP contribution in [0.2, 0.25) is 0 Å². The van der Waals surface area contributed by atoms with Crippen molar-refractivity contribution in [3.05, 3.63) is 156 Å². The monoisotopic (exact) mass is 780 g/mol. The van der Waals surface area contributed by atoms with Gasteiger partial charge in [-0.1, -0.05) is 111 Å². The van der Waals surface area contributed by atoms with E-state index in [1.54, 1.807) is 0 Å². The molecule has 2 fully saturated rings. The maximum atomic E-state index is 2.69. The molecule has 286 valence electrons. The highest BCUT2D eigenvalue weighted by Crippen LogP contribution is 2.67. The topological polar surface area (TPSA) is 6.48 Å². The first-order chi connectivity index (χ1) is 27.8. The molecule has 2 heterocycles. The summed E-state index contributed by atoms with van der Waals surface area (Å²) >= 11 is 4.17. The molecule has 4 heteroatoms. The number of hydrogen-bond acceptors (Lipinski definition) is 4. The number of anilines is 4. The number of hydrogen-bond donors (Lipinski definition) is 0. The van der Waals surface area contributed by atoms with Gasteiger partial charge in [-0.25, -0.2) is 0 Å². The maximum absolute atomic E-state index is 2.69. The third kappa shape index (κ3) is 4.87. The summed E-state index contributed by atoms with van der Waals surface area (Å²) < 4.78 is 0.135. The van der Waals surface area contributed by atoms with E-state index < -0.39 is 0 Å². The fourth-order valence-electron chi connectivity index (χ4n) is 12.5. The van der Waals surface area contributed by atoms with Gasteiger partial charge < -0.3 is 9.80 Å². The van der Waals surface area contributed by atoms with Gasteiger partial charge in [0, 0.05) is 22.7 Å². The molecule has 0 amide bonds. The van der Waals surface area contributed by atoms with E-state index in [-0.39, 0.29) is 20.6 Å². The van der Waals surface area contributed by atoms with Crippen molar-refractivity contribution in [2.75, 3.05) is 22.3 Å². The Morgan fingerprint density at radius 2 is 0.825 bits per heavy atom. The molecule has 0 N–H and O–H groups in total. The van der Waals surface area contributed by atoms with Crippen LogP contribution in [0.25, 0.3) is 33.4 Å². The van der Waals surface area contributed by atoms with Gasteiger partial charge in [-0.3, -0.25) is 0 Å². The van der Waals surface area contributed by atoms with Crippen LogP contribution in [0.15, 0.2) is 133 Å². The number of thioether (sulfide) groups is 2. The fraction of sp³-hybridized carbons (Fsp3) is 0.321. The molecular weight excluding hydrogens is 729 g/mol. The van der Waals surface area contributed by atoms with Crippen LogP contribution >= 0.6 is 23.5 Å². The van der Waals surface area contributed by atoms with Gasteiger partial charge in [-0.2, -0.15) is 23.5 Å². The predicted molar refractivity (Wildman–Crippen MR) is 247 cm³/mol. The molecule has 57 heavy (non-hydrogen) atoms. The maximum Gasteiger partial charge on any atom is 0.0658 e. The Labute approximate surface area is 348 Å². The van der Waals surface area contributed by atoms with Crippen LogP contribution in [0.1, 0.15) is 87.5 Å². The van der Waals surface area contributed by atoms with Crippen molar-refractivity contribution < 1.29 is 0 Å². The average Bonchev–Trinajstić information content (AvgIpc) is 3.82. The second kappa shape index (κ2) is 13.1. The first-order valence-electron chi connectivity index (χ1n) is 21.2. The van der Waals surface area contributed by atoms with Gasteiger partial charge in [0.15, 0.2) is 0 Å². The molecule has 0 bridgehead atoms. The molecule has 0 saturated heterocycles. The van der Waals surface area contributed by atoms with E-state index in [1.165, 1.54) is 130 Å². The van der Waals surface area contributed by atoms with Crippen molar-refractivity contribution in [2.45, 2.75) is 92.2 Å². The number of benzene rings is 6. The van der Waals surface area contributed by atoms with Crippen LogP contribution in [0.5, 0.6) is 0 Å². The van der Waals surface area contributed by atoms with E-state index in [0.29, 0.717) is 0 Å². The Morgan fingerprint density at radius 1 is 0.439 bits per heavy atom. The lowest BCUT2D eigenvalue weighted by molar-refractivity contribution is 0.262. The van der Waals surface area contributed by atoms with Crippen LogP contribution in [-0.2, 0) is 15.9 Å². The Kier molecular flexibility index (Phi) is 8.20. The summed E-state index contributed by atoms with van der Waals surface area (Å²) in [5.74, 6) is 0. The van der Waals surface area contributed by atoms with Crippen LogP contribution in [0, 0.1) is 0 Å². The van der Waals surface area contributed by atoms with E-state index in [1.807, 2.05) is 0 Å². The lowest BCUT2D eigenvalue weighted by Crippen LogP contribution is -2.54. The van der Waals surface area contributed by atoms with E-state index in [0.717, 1.165) is 6.42 Å². The van der Waals surface area contributed by atoms with Crippen molar-refractivity contribution in [3.8, 4) is 33.4 Å². The van der Waals surface area contributed by atoms with Crippen molar-refractivity contribution in [3.63, 3.8) is 0 Å². The molecule has 2 aliphatic heterocycles. The van der Waals surface area contributed by atoms with Gasteiger partial charge in [0.25, 0.3) is 0 Å². The molecule has 2 nitrogen and oxygen atoms in total. The Bertz CT molecular complexity index is 2370. The van der Waals surface area contributed by atoms with Crippen molar-refractivity contribution in [1.82, 2.24) is 0 Å². The zero-order valence-electron chi connectivity index (χ0n) is 33.8. The largest absolute Gasteiger partial charge is 0.334 e. The van der Waals surface area contributed by atoms with Crippen molar-refractivity contribution in [1.29, 1.82) is 0 Å². The van der Waals surface area contributed by atoms with Crippen molar-refractivity contribution >= 4 is 46.3 Å². The highest BCUT2D eigenvalue weighted by molar-refractivity contribution is 7.99. The standard InChI is InChI=1S/C53H52N2S2/c1-50-27-11-13-29-52(50,56-3)46-34-38(21-25-48(46)54(50)42-15-7-5-8-16-42)36-19-23-44-40(31-36)33-41-32-37(20-24-45(41)44)39-22-26-49-47(35-39)53(57-4)30-14-12-28-51(53,2)55(49)43-17-9-6-10-18-43/h5-10,15-26,31-32,34-35H,11-14,27-30,33H2,1-4H3. The predicted octanol–water partition coefficient (Wildman–Crippen LogP) is 14.7. The smallest absolute Gasteiger partial charge is 0.0658 e. The molecule has 2 saturated carbocycles. The molecule has 6 aromatic rings. The van der Waals surface area contributed by atoms with Crippen molar-refractivity contribution in [2.24, 2.45) is 0 Å². The molecule has 6 aromatic carbocycles. The van der Waals surface area contributed by atoms with Crippen LogP contribution in [-0.4, -0.2) is 23.6 Å². The summed E-state index contributed by atoms with van der Waals surface area (Å²) in [4.78, 5) is 5.38. The van der Waals surface area contributed by atoms with E-state index in [4.69, 9.17) is 0 Å². The minimum Gasteiger partial charge on any atom is -0.334 e. The minimum atomic E-state index is 0.0381. The lowest BCUT2D eigenvalue weighted by atomic mass is 9.71. The molecule has 11 rings (SSSR count). The zero-order valence-corrected chi connectivity index (χ0v) is 35.4. The summed E-state index contributed by atoms with van der Waals surface area (Å²) in [6.45, 7) is 5.07. The SMILES string of the molecule is CSC12CCCCC1(C)N(c1ccccc1)c1ccc(-c3ccc4c(c3)Cc3cc(-c5ccc6c(c5)C5(SC)CCCCC5(C)N6c5ccccc5)ccc3-4)cc12. The molecule has 3 aliphatic carbocycles. The molecular formula is C53H52N2S2. The van der Waals surface area contributed by atoms with Gasteiger partial charge in [-0.15, -0.1) is 0 Å². The zero-order chi connectivity index (χ0) is 38.6.